The number of pyridine rings is 2. The molecular weight excluding hydrogens is 450 g/mol. The second-order valence-corrected chi connectivity index (χ2v) is 10.4. The van der Waals surface area contributed by atoms with E-state index in [2.05, 4.69) is 63.4 Å². The predicted octanol–water partition coefficient (Wildman–Crippen LogP) is 6.18. The predicted molar refractivity (Wildman–Crippen MR) is 144 cm³/mol. The van der Waals surface area contributed by atoms with Gasteiger partial charge in [-0.3, -0.25) is 19.1 Å². The van der Waals surface area contributed by atoms with E-state index in [0.29, 0.717) is 25.4 Å². The van der Waals surface area contributed by atoms with Gasteiger partial charge in [-0.15, -0.1) is 0 Å². The van der Waals surface area contributed by atoms with Gasteiger partial charge >= 0.3 is 0 Å². The molecule has 0 aliphatic carbocycles. The van der Waals surface area contributed by atoms with E-state index in [4.69, 9.17) is 0 Å². The van der Waals surface area contributed by atoms with Gasteiger partial charge in [0.05, 0.1) is 22.2 Å². The average molecular weight is 476 g/mol. The molecule has 2 heterocycles. The third kappa shape index (κ3) is 4.41. The van der Waals surface area contributed by atoms with Gasteiger partial charge in [0, 0.05) is 42.7 Å². The molecule has 35 heavy (non-hydrogen) atoms. The Bertz CT molecular complexity index is 1560. The Morgan fingerprint density at radius 3 is 1.86 bits per heavy atom. The summed E-state index contributed by atoms with van der Waals surface area (Å²) in [5.74, 6) is 0.545. The molecule has 0 saturated heterocycles. The Balaban J connectivity index is 1.29. The molecule has 0 amide bonds. The van der Waals surface area contributed by atoms with Gasteiger partial charge in [0.15, 0.2) is 0 Å². The Morgan fingerprint density at radius 2 is 1.23 bits per heavy atom. The first kappa shape index (κ1) is 21.8. The van der Waals surface area contributed by atoms with Gasteiger partial charge in [0.25, 0.3) is 0 Å². The molecule has 0 aliphatic rings. The first-order valence-corrected chi connectivity index (χ1v) is 13.2. The molecule has 1 atom stereocenters. The molecule has 4 aromatic carbocycles. The molecule has 0 saturated carbocycles. The normalized spacial score (nSPS) is 12.7. The first-order chi connectivity index (χ1) is 17.3. The summed E-state index contributed by atoms with van der Waals surface area (Å²) in [5.41, 5.74) is 1.99. The van der Waals surface area contributed by atoms with Crippen molar-refractivity contribution >= 4 is 43.1 Å². The zero-order valence-electron chi connectivity index (χ0n) is 19.3. The van der Waals surface area contributed by atoms with Crippen molar-refractivity contribution in [3.05, 3.63) is 115 Å². The minimum absolute atomic E-state index is 0.545. The maximum atomic E-state index is 13.7. The van der Waals surface area contributed by atoms with Crippen LogP contribution in [0.3, 0.4) is 0 Å². The van der Waals surface area contributed by atoms with Crippen LogP contribution in [0.1, 0.15) is 11.4 Å². The van der Waals surface area contributed by atoms with Crippen molar-refractivity contribution < 1.29 is 4.21 Å². The number of benzene rings is 4. The summed E-state index contributed by atoms with van der Waals surface area (Å²) in [6.45, 7) is 2.06. The maximum Gasteiger partial charge on any atom is 0.0548 e. The molecule has 0 fully saturated rings. The van der Waals surface area contributed by atoms with Gasteiger partial charge in [-0.2, -0.15) is 0 Å². The number of hydrogen-bond donors (Lipinski definition) is 0. The third-order valence-electron chi connectivity index (χ3n) is 6.55. The quantitative estimate of drug-likeness (QED) is 0.247. The molecule has 5 heteroatoms. The van der Waals surface area contributed by atoms with Crippen molar-refractivity contribution in [2.24, 2.45) is 0 Å². The van der Waals surface area contributed by atoms with E-state index >= 15 is 0 Å². The molecule has 0 N–H and O–H groups in total. The molecule has 2 aromatic heterocycles. The van der Waals surface area contributed by atoms with E-state index in [1.54, 1.807) is 0 Å². The minimum Gasteiger partial charge on any atom is -0.291 e. The van der Waals surface area contributed by atoms with Crippen LogP contribution in [0.4, 0.5) is 0 Å². The smallest absolute Gasteiger partial charge is 0.0548 e. The van der Waals surface area contributed by atoms with Crippen molar-refractivity contribution in [3.63, 3.8) is 0 Å². The van der Waals surface area contributed by atoms with E-state index in [9.17, 15) is 4.21 Å². The Labute approximate surface area is 207 Å². The van der Waals surface area contributed by atoms with Crippen LogP contribution < -0.4 is 0 Å². The second kappa shape index (κ2) is 9.53. The van der Waals surface area contributed by atoms with Crippen LogP contribution in [0.2, 0.25) is 0 Å². The van der Waals surface area contributed by atoms with Gasteiger partial charge in [0.1, 0.15) is 0 Å². The van der Waals surface area contributed by atoms with Crippen molar-refractivity contribution in [1.82, 2.24) is 14.9 Å². The van der Waals surface area contributed by atoms with Gasteiger partial charge in [-0.1, -0.05) is 60.7 Å². The highest BCUT2D eigenvalue weighted by Crippen LogP contribution is 2.36. The molecule has 172 valence electrons. The molecule has 6 rings (SSSR count). The Morgan fingerprint density at radius 1 is 0.629 bits per heavy atom. The highest BCUT2D eigenvalue weighted by atomic mass is 32.2. The Kier molecular flexibility index (Phi) is 5.94. The third-order valence-corrected chi connectivity index (χ3v) is 7.95. The lowest BCUT2D eigenvalue weighted by Crippen LogP contribution is -2.28. The summed E-state index contributed by atoms with van der Waals surface area (Å²) in [4.78, 5) is 12.2. The van der Waals surface area contributed by atoms with E-state index < -0.39 is 10.8 Å². The lowest BCUT2D eigenvalue weighted by molar-refractivity contribution is 0.266. The first-order valence-electron chi connectivity index (χ1n) is 11.8. The SMILES string of the molecule is O=S(CCN(Cc1ccccn1)Cc1ccccn1)c1ccc2ccc3cccc4ccc1c2c34. The highest BCUT2D eigenvalue weighted by Gasteiger charge is 2.16. The highest BCUT2D eigenvalue weighted by molar-refractivity contribution is 7.85. The van der Waals surface area contributed by atoms with Crippen LogP contribution in [0.5, 0.6) is 0 Å². The summed E-state index contributed by atoms with van der Waals surface area (Å²) >= 11 is 0. The van der Waals surface area contributed by atoms with Gasteiger partial charge in [0.2, 0.25) is 0 Å². The largest absolute Gasteiger partial charge is 0.291 e. The van der Waals surface area contributed by atoms with Crippen LogP contribution in [-0.2, 0) is 23.9 Å². The lowest BCUT2D eigenvalue weighted by Gasteiger charge is -2.22. The molecule has 4 nitrogen and oxygen atoms in total. The second-order valence-electron chi connectivity index (χ2n) is 8.82. The summed E-state index contributed by atoms with van der Waals surface area (Å²) in [6, 6.07) is 31.1. The fraction of sp³-hybridized carbons (Fsp3) is 0.133. The Hall–Kier alpha value is -3.67. The van der Waals surface area contributed by atoms with Gasteiger partial charge in [-0.25, -0.2) is 0 Å². The van der Waals surface area contributed by atoms with E-state index in [-0.39, 0.29) is 0 Å². The standard InChI is InChI=1S/C30H25N3OS/c34-35(19-18-33(20-25-8-1-3-16-31-25)21-26-9-2-4-17-32-26)28-15-13-24-11-10-22-6-5-7-23-12-14-27(28)30(24)29(22)23/h1-17H,18-21H2. The van der Waals surface area contributed by atoms with Gasteiger partial charge in [-0.05, 0) is 62.6 Å². The molecule has 1 unspecified atom stereocenters. The van der Waals surface area contributed by atoms with E-state index in [1.807, 2.05) is 54.9 Å². The topological polar surface area (TPSA) is 46.1 Å². The molecular formula is C30H25N3OS. The maximum absolute atomic E-state index is 13.7. The summed E-state index contributed by atoms with van der Waals surface area (Å²) in [7, 11) is -1.13. The molecule has 0 aliphatic heterocycles. The average Bonchev–Trinajstić information content (AvgIpc) is 2.91. The van der Waals surface area contributed by atoms with E-state index in [1.165, 1.54) is 26.9 Å². The van der Waals surface area contributed by atoms with Crippen molar-refractivity contribution in [1.29, 1.82) is 0 Å². The number of aromatic nitrogens is 2. The summed E-state index contributed by atoms with van der Waals surface area (Å²) in [5, 5.41) is 7.20. The fourth-order valence-electron chi connectivity index (χ4n) is 4.88. The zero-order chi connectivity index (χ0) is 23.6. The summed E-state index contributed by atoms with van der Waals surface area (Å²) in [6.07, 6.45) is 3.63. The molecule has 6 aromatic rings. The fourth-order valence-corrected chi connectivity index (χ4v) is 6.16. The molecule has 0 bridgehead atoms. The van der Waals surface area contributed by atoms with Crippen LogP contribution in [0, 0.1) is 0 Å². The number of nitrogens with zero attached hydrogens (tertiary/aromatic N) is 3. The van der Waals surface area contributed by atoms with Crippen LogP contribution in [0.25, 0.3) is 32.3 Å². The summed E-state index contributed by atoms with van der Waals surface area (Å²) < 4.78 is 13.7. The van der Waals surface area contributed by atoms with Crippen LogP contribution in [0.15, 0.2) is 108 Å². The van der Waals surface area contributed by atoms with Crippen LogP contribution >= 0.6 is 0 Å². The van der Waals surface area contributed by atoms with Crippen LogP contribution in [-0.4, -0.2) is 31.4 Å². The lowest BCUT2D eigenvalue weighted by atomic mass is 9.94. The van der Waals surface area contributed by atoms with Gasteiger partial charge < -0.3 is 0 Å². The number of hydrogen-bond acceptors (Lipinski definition) is 4. The van der Waals surface area contributed by atoms with Crippen molar-refractivity contribution in [2.75, 3.05) is 12.3 Å². The molecule has 0 spiro atoms. The van der Waals surface area contributed by atoms with Crippen molar-refractivity contribution in [2.45, 2.75) is 18.0 Å². The van der Waals surface area contributed by atoms with Crippen molar-refractivity contribution in [3.8, 4) is 0 Å². The number of rotatable bonds is 8. The van der Waals surface area contributed by atoms with E-state index in [0.717, 1.165) is 21.7 Å². The molecule has 0 radical (unpaired) electrons. The minimum atomic E-state index is -1.13. The monoisotopic (exact) mass is 475 g/mol. The zero-order valence-corrected chi connectivity index (χ0v) is 20.1.